The van der Waals surface area contributed by atoms with Gasteiger partial charge in [-0.1, -0.05) is 51.8 Å². The molecule has 0 aliphatic carbocycles. The Kier molecular flexibility index (Phi) is 5.79. The fourth-order valence-electron chi connectivity index (χ4n) is 3.18. The van der Waals surface area contributed by atoms with Crippen LogP contribution in [-0.2, 0) is 13.6 Å². The SMILES string of the molecule is C/C(=N/Nc1nc2c(c(=O)[nH]c(=O)n2C)n1Cc1cccc(Br)c1)c1ccc(Cl)cc1. The number of anilines is 1. The minimum absolute atomic E-state index is 0.269. The Bertz CT molecular complexity index is 1420. The van der Waals surface area contributed by atoms with Crippen LogP contribution in [0.4, 0.5) is 5.95 Å². The quantitative estimate of drug-likeness (QED) is 0.322. The van der Waals surface area contributed by atoms with E-state index in [1.165, 1.54) is 4.57 Å². The monoisotopic (exact) mass is 500 g/mol. The van der Waals surface area contributed by atoms with E-state index in [1.807, 2.05) is 43.3 Å². The average molecular weight is 502 g/mol. The number of rotatable bonds is 5. The van der Waals surface area contributed by atoms with Crippen molar-refractivity contribution in [1.29, 1.82) is 0 Å². The zero-order valence-corrected chi connectivity index (χ0v) is 19.0. The zero-order valence-electron chi connectivity index (χ0n) is 16.7. The van der Waals surface area contributed by atoms with Gasteiger partial charge in [0.25, 0.3) is 5.56 Å². The fraction of sp³-hybridized carbons (Fsp3) is 0.143. The third kappa shape index (κ3) is 4.33. The van der Waals surface area contributed by atoms with Gasteiger partial charge in [0.1, 0.15) is 0 Å². The van der Waals surface area contributed by atoms with Crippen LogP contribution in [-0.4, -0.2) is 24.8 Å². The van der Waals surface area contributed by atoms with Crippen LogP contribution in [0.5, 0.6) is 0 Å². The minimum Gasteiger partial charge on any atom is -0.298 e. The van der Waals surface area contributed by atoms with Gasteiger partial charge in [0.2, 0.25) is 5.95 Å². The number of nitrogens with one attached hydrogen (secondary N) is 2. The Morgan fingerprint density at radius 2 is 1.97 bits per heavy atom. The number of imidazole rings is 1. The summed E-state index contributed by atoms with van der Waals surface area (Å²) in [6, 6.07) is 15.0. The highest BCUT2D eigenvalue weighted by atomic mass is 79.9. The molecule has 0 spiro atoms. The second-order valence-electron chi connectivity index (χ2n) is 6.96. The van der Waals surface area contributed by atoms with Gasteiger partial charge in [-0.3, -0.25) is 18.9 Å². The number of nitrogens with zero attached hydrogens (tertiary/aromatic N) is 4. The lowest BCUT2D eigenvalue weighted by Gasteiger charge is -2.09. The van der Waals surface area contributed by atoms with E-state index in [9.17, 15) is 9.59 Å². The van der Waals surface area contributed by atoms with Crippen LogP contribution in [0.3, 0.4) is 0 Å². The largest absolute Gasteiger partial charge is 0.329 e. The Morgan fingerprint density at radius 3 is 2.68 bits per heavy atom. The Labute approximate surface area is 190 Å². The molecule has 0 saturated heterocycles. The van der Waals surface area contributed by atoms with Crippen molar-refractivity contribution in [1.82, 2.24) is 19.1 Å². The molecule has 0 aliphatic heterocycles. The van der Waals surface area contributed by atoms with Crippen molar-refractivity contribution in [2.75, 3.05) is 5.43 Å². The summed E-state index contributed by atoms with van der Waals surface area (Å²) in [7, 11) is 1.56. The number of hydrazone groups is 1. The summed E-state index contributed by atoms with van der Waals surface area (Å²) >= 11 is 9.42. The van der Waals surface area contributed by atoms with Gasteiger partial charge in [-0.05, 0) is 42.3 Å². The van der Waals surface area contributed by atoms with E-state index in [4.69, 9.17) is 11.6 Å². The highest BCUT2D eigenvalue weighted by Gasteiger charge is 2.17. The van der Waals surface area contributed by atoms with Crippen LogP contribution in [0.2, 0.25) is 5.02 Å². The number of hydrogen-bond donors (Lipinski definition) is 2. The summed E-state index contributed by atoms with van der Waals surface area (Å²) in [6.45, 7) is 2.20. The third-order valence-electron chi connectivity index (χ3n) is 4.82. The van der Waals surface area contributed by atoms with Gasteiger partial charge in [0.05, 0.1) is 12.3 Å². The molecule has 2 aromatic carbocycles. The number of fused-ring (bicyclic) bond motifs is 1. The highest BCUT2D eigenvalue weighted by Crippen LogP contribution is 2.20. The van der Waals surface area contributed by atoms with E-state index < -0.39 is 11.2 Å². The molecule has 0 fully saturated rings. The van der Waals surface area contributed by atoms with Gasteiger partial charge in [-0.25, -0.2) is 10.2 Å². The predicted molar refractivity (Wildman–Crippen MR) is 126 cm³/mol. The maximum absolute atomic E-state index is 12.6. The Balaban J connectivity index is 1.81. The van der Waals surface area contributed by atoms with Crippen molar-refractivity contribution in [3.63, 3.8) is 0 Å². The van der Waals surface area contributed by atoms with Crippen LogP contribution in [0.15, 0.2) is 67.7 Å². The van der Waals surface area contributed by atoms with Crippen LogP contribution in [0.1, 0.15) is 18.1 Å². The number of aromatic nitrogens is 4. The molecule has 0 bridgehead atoms. The standard InChI is InChI=1S/C21H18BrClN6O2/c1-12(14-6-8-16(23)9-7-14)26-27-20-24-18-17(19(30)25-21(31)28(18)2)29(20)11-13-4-3-5-15(22)10-13/h3-10H,11H2,1-2H3,(H,24,27)(H,25,30,31)/b26-12-. The van der Waals surface area contributed by atoms with Crippen molar-refractivity contribution in [2.45, 2.75) is 13.5 Å². The Hall–Kier alpha value is -3.17. The molecule has 2 aromatic heterocycles. The fourth-order valence-corrected chi connectivity index (χ4v) is 3.75. The normalized spacial score (nSPS) is 11.8. The molecule has 0 amide bonds. The van der Waals surface area contributed by atoms with E-state index in [1.54, 1.807) is 23.7 Å². The topological polar surface area (TPSA) is 97.1 Å². The first kappa shape index (κ1) is 21.1. The van der Waals surface area contributed by atoms with Crippen LogP contribution < -0.4 is 16.7 Å². The summed E-state index contributed by atoms with van der Waals surface area (Å²) in [5, 5.41) is 5.06. The molecule has 2 N–H and O–H groups in total. The number of aromatic amines is 1. The molecule has 4 rings (SSSR count). The number of benzene rings is 2. The maximum Gasteiger partial charge on any atom is 0.329 e. The lowest BCUT2D eigenvalue weighted by atomic mass is 10.1. The van der Waals surface area contributed by atoms with E-state index in [-0.39, 0.29) is 11.2 Å². The van der Waals surface area contributed by atoms with E-state index >= 15 is 0 Å². The van der Waals surface area contributed by atoms with Crippen molar-refractivity contribution in [3.8, 4) is 0 Å². The highest BCUT2D eigenvalue weighted by molar-refractivity contribution is 9.10. The molecule has 8 nitrogen and oxygen atoms in total. The summed E-state index contributed by atoms with van der Waals surface area (Å²) in [5.74, 6) is 0.343. The molecule has 2 heterocycles. The molecule has 158 valence electrons. The molecule has 0 unspecified atom stereocenters. The summed E-state index contributed by atoms with van der Waals surface area (Å²) in [4.78, 5) is 31.5. The van der Waals surface area contributed by atoms with E-state index in [0.29, 0.717) is 23.2 Å². The van der Waals surface area contributed by atoms with Gasteiger partial charge in [-0.2, -0.15) is 10.1 Å². The van der Waals surface area contributed by atoms with E-state index in [2.05, 4.69) is 36.4 Å². The lowest BCUT2D eigenvalue weighted by Crippen LogP contribution is -2.29. The Morgan fingerprint density at radius 1 is 1.23 bits per heavy atom. The number of H-pyrrole nitrogens is 1. The van der Waals surface area contributed by atoms with Crippen molar-refractivity contribution in [2.24, 2.45) is 12.1 Å². The first-order chi connectivity index (χ1) is 14.8. The molecule has 0 radical (unpaired) electrons. The first-order valence-electron chi connectivity index (χ1n) is 9.33. The van der Waals surface area contributed by atoms with Gasteiger partial charge in [-0.15, -0.1) is 0 Å². The minimum atomic E-state index is -0.531. The second-order valence-corrected chi connectivity index (χ2v) is 8.31. The number of hydrogen-bond acceptors (Lipinski definition) is 5. The molecule has 0 saturated carbocycles. The lowest BCUT2D eigenvalue weighted by molar-refractivity contribution is 0.808. The van der Waals surface area contributed by atoms with Gasteiger partial charge in [0.15, 0.2) is 11.2 Å². The van der Waals surface area contributed by atoms with Crippen LogP contribution >= 0.6 is 27.5 Å². The van der Waals surface area contributed by atoms with Crippen molar-refractivity contribution in [3.05, 3.63) is 90.0 Å². The van der Waals surface area contributed by atoms with E-state index in [0.717, 1.165) is 15.6 Å². The van der Waals surface area contributed by atoms with Crippen LogP contribution in [0, 0.1) is 0 Å². The number of halogens is 2. The molecular formula is C21H18BrClN6O2. The molecule has 31 heavy (non-hydrogen) atoms. The third-order valence-corrected chi connectivity index (χ3v) is 5.57. The predicted octanol–water partition coefficient (Wildman–Crippen LogP) is 3.72. The summed E-state index contributed by atoms with van der Waals surface area (Å²) in [5.41, 5.74) is 5.01. The molecular weight excluding hydrogens is 484 g/mol. The van der Waals surface area contributed by atoms with Gasteiger partial charge in [0, 0.05) is 16.5 Å². The maximum atomic E-state index is 12.6. The second kappa shape index (κ2) is 8.52. The molecule has 4 aromatic rings. The zero-order chi connectivity index (χ0) is 22.1. The van der Waals surface area contributed by atoms with Crippen LogP contribution in [0.25, 0.3) is 11.2 Å². The van der Waals surface area contributed by atoms with Gasteiger partial charge >= 0.3 is 5.69 Å². The summed E-state index contributed by atoms with van der Waals surface area (Å²) in [6.07, 6.45) is 0. The molecule has 0 aliphatic rings. The smallest absolute Gasteiger partial charge is 0.298 e. The molecule has 10 heteroatoms. The van der Waals surface area contributed by atoms with Gasteiger partial charge < -0.3 is 0 Å². The van der Waals surface area contributed by atoms with Crippen molar-refractivity contribution < 1.29 is 0 Å². The number of aryl methyl sites for hydroxylation is 1. The summed E-state index contributed by atoms with van der Waals surface area (Å²) < 4.78 is 3.92. The molecule has 0 atom stereocenters. The average Bonchev–Trinajstić information content (AvgIpc) is 3.10. The van der Waals surface area contributed by atoms with Crippen molar-refractivity contribution >= 4 is 50.4 Å². The first-order valence-corrected chi connectivity index (χ1v) is 10.5.